The minimum atomic E-state index is -1.42. The molecule has 2 atom stereocenters. The molecule has 0 saturated heterocycles. The second-order valence-electron chi connectivity index (χ2n) is 7.97. The summed E-state index contributed by atoms with van der Waals surface area (Å²) in [5.74, 6) is 0.805. The second kappa shape index (κ2) is 7.67. The lowest BCUT2D eigenvalue weighted by atomic mass is 9.71. The van der Waals surface area contributed by atoms with E-state index < -0.39 is 9.04 Å². The number of hydrogen-bond donors (Lipinski definition) is 0. The lowest BCUT2D eigenvalue weighted by Gasteiger charge is -2.37. The molecule has 1 aliphatic rings. The monoisotopic (exact) mass is 351 g/mol. The molecule has 0 aromatic heterocycles. The normalized spacial score (nSPS) is 21.5. The van der Waals surface area contributed by atoms with Crippen LogP contribution in [0.3, 0.4) is 0 Å². The first-order chi connectivity index (χ1) is 11.9. The van der Waals surface area contributed by atoms with E-state index in [0.29, 0.717) is 12.3 Å². The number of hydrogen-bond acceptors (Lipinski definition) is 2. The molecule has 0 heterocycles. The number of carbonyl (C=O) groups is 1. The molecule has 1 aliphatic carbocycles. The molecule has 0 amide bonds. The maximum atomic E-state index is 12.6. The zero-order chi connectivity index (χ0) is 17.9. The van der Waals surface area contributed by atoms with E-state index in [1.807, 2.05) is 36.4 Å². The Bertz CT molecular complexity index is 651. The Balaban J connectivity index is 1.86. The number of ketones is 1. The Morgan fingerprint density at radius 1 is 0.920 bits per heavy atom. The Morgan fingerprint density at radius 2 is 1.44 bits per heavy atom. The molecule has 0 N–H and O–H groups in total. The molecule has 2 nitrogen and oxygen atoms in total. The van der Waals surface area contributed by atoms with Crippen LogP contribution in [0.5, 0.6) is 0 Å². The summed E-state index contributed by atoms with van der Waals surface area (Å²) in [7, 11) is -1.42. The molecular weight excluding hydrogens is 324 g/mol. The van der Waals surface area contributed by atoms with Crippen LogP contribution < -0.4 is 10.4 Å². The molecule has 1 saturated carbocycles. The number of carbonyl (C=O) groups excluding carboxylic acids is 1. The molecule has 0 bridgehead atoms. The van der Waals surface area contributed by atoms with Gasteiger partial charge in [0.25, 0.3) is 9.04 Å². The van der Waals surface area contributed by atoms with Gasteiger partial charge in [-0.25, -0.2) is 0 Å². The lowest BCUT2D eigenvalue weighted by Crippen LogP contribution is -2.50. The van der Waals surface area contributed by atoms with Crippen molar-refractivity contribution in [1.29, 1.82) is 0 Å². The topological polar surface area (TPSA) is 26.3 Å². The van der Waals surface area contributed by atoms with Crippen molar-refractivity contribution in [2.75, 3.05) is 0 Å². The standard InChI is InChI=1S/C22H27O2Si/c1-22(2,3)17-14-15-20(23)21(16-17)24-25(18-10-6-4-7-11-18)19-12-8-5-9-13-19/h4-13,17,21H,14-16H2,1-3H3. The zero-order valence-corrected chi connectivity index (χ0v) is 16.4. The van der Waals surface area contributed by atoms with Gasteiger partial charge in [0.2, 0.25) is 0 Å². The number of rotatable bonds is 4. The van der Waals surface area contributed by atoms with E-state index in [1.54, 1.807) is 0 Å². The van der Waals surface area contributed by atoms with Gasteiger partial charge < -0.3 is 4.43 Å². The Kier molecular flexibility index (Phi) is 5.55. The average Bonchev–Trinajstić information content (AvgIpc) is 2.61. The molecule has 0 spiro atoms. The van der Waals surface area contributed by atoms with Crippen LogP contribution in [-0.2, 0) is 9.22 Å². The predicted molar refractivity (Wildman–Crippen MR) is 105 cm³/mol. The van der Waals surface area contributed by atoms with Gasteiger partial charge in [0.05, 0.1) is 0 Å². The van der Waals surface area contributed by atoms with Gasteiger partial charge >= 0.3 is 0 Å². The third kappa shape index (κ3) is 4.47. The highest BCUT2D eigenvalue weighted by Crippen LogP contribution is 2.37. The van der Waals surface area contributed by atoms with Gasteiger partial charge in [-0.05, 0) is 34.5 Å². The molecule has 131 valence electrons. The van der Waals surface area contributed by atoms with E-state index >= 15 is 0 Å². The third-order valence-electron chi connectivity index (χ3n) is 5.15. The Morgan fingerprint density at radius 3 is 1.92 bits per heavy atom. The molecule has 2 aromatic rings. The largest absolute Gasteiger partial charge is 0.397 e. The lowest BCUT2D eigenvalue weighted by molar-refractivity contribution is -0.130. The van der Waals surface area contributed by atoms with Crippen molar-refractivity contribution in [3.05, 3.63) is 60.7 Å². The summed E-state index contributed by atoms with van der Waals surface area (Å²) < 4.78 is 6.55. The van der Waals surface area contributed by atoms with Gasteiger partial charge in [-0.15, -0.1) is 0 Å². The highest BCUT2D eigenvalue weighted by Gasteiger charge is 2.37. The first-order valence-corrected chi connectivity index (χ1v) is 10.5. The Hall–Kier alpha value is -1.71. The molecule has 0 aliphatic heterocycles. The van der Waals surface area contributed by atoms with Crippen molar-refractivity contribution in [3.63, 3.8) is 0 Å². The maximum absolute atomic E-state index is 12.6. The summed E-state index contributed by atoms with van der Waals surface area (Å²) in [5.41, 5.74) is 0.217. The number of benzene rings is 2. The van der Waals surface area contributed by atoms with Crippen LogP contribution in [0, 0.1) is 11.3 Å². The summed E-state index contributed by atoms with van der Waals surface area (Å²) in [6.07, 6.45) is 2.20. The van der Waals surface area contributed by atoms with Gasteiger partial charge in [0, 0.05) is 6.42 Å². The predicted octanol–water partition coefficient (Wildman–Crippen LogP) is 3.59. The van der Waals surface area contributed by atoms with Crippen LogP contribution in [0.1, 0.15) is 40.0 Å². The minimum Gasteiger partial charge on any atom is -0.397 e. The summed E-state index contributed by atoms with van der Waals surface area (Å²) >= 11 is 0. The fourth-order valence-corrected chi connectivity index (χ4v) is 5.62. The van der Waals surface area contributed by atoms with Crippen molar-refractivity contribution in [2.45, 2.75) is 46.1 Å². The van der Waals surface area contributed by atoms with Gasteiger partial charge in [-0.1, -0.05) is 81.4 Å². The van der Waals surface area contributed by atoms with Crippen molar-refractivity contribution in [1.82, 2.24) is 0 Å². The van der Waals surface area contributed by atoms with Crippen molar-refractivity contribution < 1.29 is 9.22 Å². The minimum absolute atomic E-state index is 0.217. The van der Waals surface area contributed by atoms with E-state index in [1.165, 1.54) is 10.4 Å². The van der Waals surface area contributed by atoms with Crippen molar-refractivity contribution >= 4 is 25.2 Å². The van der Waals surface area contributed by atoms with Gasteiger partial charge in [-0.2, -0.15) is 0 Å². The van der Waals surface area contributed by atoms with E-state index in [0.717, 1.165) is 12.8 Å². The van der Waals surface area contributed by atoms with Crippen LogP contribution in [0.2, 0.25) is 0 Å². The van der Waals surface area contributed by atoms with Crippen LogP contribution in [0.25, 0.3) is 0 Å². The fraction of sp³-hybridized carbons (Fsp3) is 0.409. The zero-order valence-electron chi connectivity index (χ0n) is 15.4. The quantitative estimate of drug-likeness (QED) is 0.787. The molecule has 3 heteroatoms. The van der Waals surface area contributed by atoms with Crippen LogP contribution in [-0.4, -0.2) is 20.9 Å². The number of Topliss-reactive ketones (excluding diaryl/α,β-unsaturated/α-hetero) is 1. The third-order valence-corrected chi connectivity index (χ3v) is 7.39. The van der Waals surface area contributed by atoms with Crippen LogP contribution in [0.4, 0.5) is 0 Å². The van der Waals surface area contributed by atoms with Crippen molar-refractivity contribution in [3.8, 4) is 0 Å². The average molecular weight is 352 g/mol. The van der Waals surface area contributed by atoms with Crippen LogP contribution in [0.15, 0.2) is 60.7 Å². The highest BCUT2D eigenvalue weighted by atomic mass is 28.3. The van der Waals surface area contributed by atoms with E-state index in [2.05, 4.69) is 45.0 Å². The van der Waals surface area contributed by atoms with E-state index in [-0.39, 0.29) is 17.3 Å². The maximum Gasteiger partial charge on any atom is 0.283 e. The van der Waals surface area contributed by atoms with Gasteiger partial charge in [0.1, 0.15) is 6.10 Å². The van der Waals surface area contributed by atoms with Crippen molar-refractivity contribution in [2.24, 2.45) is 11.3 Å². The van der Waals surface area contributed by atoms with Crippen LogP contribution >= 0.6 is 0 Å². The summed E-state index contributed by atoms with van der Waals surface area (Å²) in [6, 6.07) is 20.7. The summed E-state index contributed by atoms with van der Waals surface area (Å²) in [6.45, 7) is 6.81. The molecule has 3 rings (SSSR count). The summed E-state index contributed by atoms with van der Waals surface area (Å²) in [4.78, 5) is 12.6. The molecule has 1 radical (unpaired) electrons. The highest BCUT2D eigenvalue weighted by molar-refractivity contribution is 6.80. The first kappa shape index (κ1) is 18.1. The van der Waals surface area contributed by atoms with Gasteiger partial charge in [-0.3, -0.25) is 4.79 Å². The van der Waals surface area contributed by atoms with E-state index in [4.69, 9.17) is 4.43 Å². The first-order valence-electron chi connectivity index (χ1n) is 9.12. The second-order valence-corrected chi connectivity index (χ2v) is 10.0. The molecule has 2 aromatic carbocycles. The van der Waals surface area contributed by atoms with E-state index in [9.17, 15) is 4.79 Å². The Labute approximate surface area is 153 Å². The molecule has 25 heavy (non-hydrogen) atoms. The molecule has 1 fully saturated rings. The smallest absolute Gasteiger partial charge is 0.283 e. The molecule has 2 unspecified atom stereocenters. The SMILES string of the molecule is CC(C)(C)C1CCC(=O)C(O[Si](c2ccccc2)c2ccccc2)C1. The molecular formula is C22H27O2Si. The summed E-state index contributed by atoms with van der Waals surface area (Å²) in [5, 5.41) is 2.40. The van der Waals surface area contributed by atoms with Gasteiger partial charge in [0.15, 0.2) is 5.78 Å². The fourth-order valence-electron chi connectivity index (χ4n) is 3.51.